The monoisotopic (exact) mass is 445 g/mol. The third kappa shape index (κ3) is 6.29. The fraction of sp³-hybridized carbons (Fsp3) is 0.435. The Balaban J connectivity index is 1.60. The normalized spacial score (nSPS) is 15.7. The molecule has 0 spiro atoms. The van der Waals surface area contributed by atoms with Crippen molar-refractivity contribution >= 4 is 15.9 Å². The number of nitrogens with one attached hydrogen (secondary N) is 1. The molecule has 31 heavy (non-hydrogen) atoms. The molecule has 0 unspecified atom stereocenters. The SMILES string of the molecule is COc1ccc(CN2CCCN(C(=O)c3ccc(S(=O)(=O)NC(C)C)cc3)CC2)cc1. The second kappa shape index (κ2) is 10.3. The maximum absolute atomic E-state index is 13.0. The molecular weight excluding hydrogens is 414 g/mol. The van der Waals surface area contributed by atoms with Crippen LogP contribution in [0, 0.1) is 0 Å². The Bertz CT molecular complexity index is 973. The van der Waals surface area contributed by atoms with E-state index < -0.39 is 10.0 Å². The van der Waals surface area contributed by atoms with E-state index in [2.05, 4.69) is 21.8 Å². The highest BCUT2D eigenvalue weighted by Gasteiger charge is 2.22. The van der Waals surface area contributed by atoms with Crippen molar-refractivity contribution in [1.29, 1.82) is 0 Å². The first-order chi connectivity index (χ1) is 14.8. The van der Waals surface area contributed by atoms with Crippen molar-refractivity contribution < 1.29 is 17.9 Å². The summed E-state index contributed by atoms with van der Waals surface area (Å²) in [6, 6.07) is 14.0. The number of sulfonamides is 1. The molecule has 168 valence electrons. The number of carbonyl (C=O) groups excluding carboxylic acids is 1. The Labute approximate surface area is 185 Å². The van der Waals surface area contributed by atoms with Crippen molar-refractivity contribution in [3.8, 4) is 5.75 Å². The van der Waals surface area contributed by atoms with Crippen molar-refractivity contribution in [2.45, 2.75) is 37.8 Å². The number of amides is 1. The molecule has 1 fully saturated rings. The van der Waals surface area contributed by atoms with E-state index in [0.717, 1.165) is 31.8 Å². The van der Waals surface area contributed by atoms with Crippen LogP contribution in [0.2, 0.25) is 0 Å². The van der Waals surface area contributed by atoms with E-state index in [4.69, 9.17) is 4.74 Å². The van der Waals surface area contributed by atoms with Crippen molar-refractivity contribution in [2.24, 2.45) is 0 Å². The molecule has 0 atom stereocenters. The summed E-state index contributed by atoms with van der Waals surface area (Å²) in [7, 11) is -1.91. The second-order valence-electron chi connectivity index (χ2n) is 8.07. The van der Waals surface area contributed by atoms with Gasteiger partial charge in [0.25, 0.3) is 5.91 Å². The number of hydrogen-bond acceptors (Lipinski definition) is 5. The lowest BCUT2D eigenvalue weighted by molar-refractivity contribution is 0.0761. The van der Waals surface area contributed by atoms with Gasteiger partial charge in [0.05, 0.1) is 12.0 Å². The summed E-state index contributed by atoms with van der Waals surface area (Å²) in [5.41, 5.74) is 1.72. The molecule has 1 heterocycles. The zero-order chi connectivity index (χ0) is 22.4. The first kappa shape index (κ1) is 23.2. The topological polar surface area (TPSA) is 79.0 Å². The lowest BCUT2D eigenvalue weighted by Crippen LogP contribution is -2.35. The smallest absolute Gasteiger partial charge is 0.253 e. The van der Waals surface area contributed by atoms with Gasteiger partial charge >= 0.3 is 0 Å². The van der Waals surface area contributed by atoms with E-state index in [-0.39, 0.29) is 16.8 Å². The lowest BCUT2D eigenvalue weighted by atomic mass is 10.2. The van der Waals surface area contributed by atoms with Gasteiger partial charge in [0.2, 0.25) is 10.0 Å². The van der Waals surface area contributed by atoms with Crippen LogP contribution in [0.1, 0.15) is 36.2 Å². The number of benzene rings is 2. The zero-order valence-electron chi connectivity index (χ0n) is 18.4. The largest absolute Gasteiger partial charge is 0.497 e. The Kier molecular flexibility index (Phi) is 7.69. The van der Waals surface area contributed by atoms with Gasteiger partial charge < -0.3 is 9.64 Å². The standard InChI is InChI=1S/C23H31N3O4S/c1-18(2)24-31(28,29)22-11-7-20(8-12-22)23(27)26-14-4-13-25(15-16-26)17-19-5-9-21(30-3)10-6-19/h5-12,18,24H,4,13-17H2,1-3H3. The van der Waals surface area contributed by atoms with E-state index in [1.165, 1.54) is 17.7 Å². The van der Waals surface area contributed by atoms with Crippen molar-refractivity contribution in [3.63, 3.8) is 0 Å². The molecule has 8 heteroatoms. The van der Waals surface area contributed by atoms with Gasteiger partial charge in [-0.05, 0) is 62.2 Å². The quantitative estimate of drug-likeness (QED) is 0.709. The van der Waals surface area contributed by atoms with Gasteiger partial charge in [-0.3, -0.25) is 9.69 Å². The molecule has 1 aliphatic heterocycles. The summed E-state index contributed by atoms with van der Waals surface area (Å²) in [5, 5.41) is 0. The molecule has 1 saturated heterocycles. The van der Waals surface area contributed by atoms with Crippen LogP contribution < -0.4 is 9.46 Å². The molecule has 2 aromatic carbocycles. The molecule has 1 amide bonds. The molecular formula is C23H31N3O4S. The number of nitrogens with zero attached hydrogens (tertiary/aromatic N) is 2. The highest BCUT2D eigenvalue weighted by atomic mass is 32.2. The zero-order valence-corrected chi connectivity index (χ0v) is 19.2. The number of ether oxygens (including phenoxy) is 1. The summed E-state index contributed by atoms with van der Waals surface area (Å²) >= 11 is 0. The summed E-state index contributed by atoms with van der Waals surface area (Å²) < 4.78 is 32.3. The molecule has 2 aromatic rings. The van der Waals surface area contributed by atoms with E-state index >= 15 is 0 Å². The van der Waals surface area contributed by atoms with Gasteiger partial charge in [-0.15, -0.1) is 0 Å². The van der Waals surface area contributed by atoms with E-state index in [1.807, 2.05) is 17.0 Å². The molecule has 1 N–H and O–H groups in total. The van der Waals surface area contributed by atoms with Crippen molar-refractivity contribution in [2.75, 3.05) is 33.3 Å². The second-order valence-corrected chi connectivity index (χ2v) is 9.78. The van der Waals surface area contributed by atoms with Crippen LogP contribution in [0.4, 0.5) is 0 Å². The molecule has 0 bridgehead atoms. The lowest BCUT2D eigenvalue weighted by Gasteiger charge is -2.22. The van der Waals surface area contributed by atoms with Crippen LogP contribution in [0.15, 0.2) is 53.4 Å². The third-order valence-corrected chi connectivity index (χ3v) is 6.92. The fourth-order valence-corrected chi connectivity index (χ4v) is 4.91. The Morgan fingerprint density at radius 2 is 1.68 bits per heavy atom. The van der Waals surface area contributed by atoms with Crippen molar-refractivity contribution in [3.05, 3.63) is 59.7 Å². The van der Waals surface area contributed by atoms with Crippen LogP contribution >= 0.6 is 0 Å². The van der Waals surface area contributed by atoms with E-state index in [0.29, 0.717) is 18.7 Å². The minimum absolute atomic E-state index is 0.0629. The van der Waals surface area contributed by atoms with Gasteiger partial charge in [-0.1, -0.05) is 12.1 Å². The molecule has 7 nitrogen and oxygen atoms in total. The predicted molar refractivity (Wildman–Crippen MR) is 121 cm³/mol. The summed E-state index contributed by atoms with van der Waals surface area (Å²) in [6.07, 6.45) is 0.896. The highest BCUT2D eigenvalue weighted by molar-refractivity contribution is 7.89. The molecule has 0 aliphatic carbocycles. The van der Waals surface area contributed by atoms with Crippen LogP contribution in [-0.2, 0) is 16.6 Å². The van der Waals surface area contributed by atoms with E-state index in [9.17, 15) is 13.2 Å². The maximum Gasteiger partial charge on any atom is 0.253 e. The van der Waals surface area contributed by atoms with Gasteiger partial charge in [0.15, 0.2) is 0 Å². The first-order valence-corrected chi connectivity index (χ1v) is 12.0. The molecule has 0 radical (unpaired) electrons. The third-order valence-electron chi connectivity index (χ3n) is 5.24. The Morgan fingerprint density at radius 3 is 2.29 bits per heavy atom. The maximum atomic E-state index is 13.0. The average Bonchev–Trinajstić information content (AvgIpc) is 2.98. The summed E-state index contributed by atoms with van der Waals surface area (Å²) in [5.74, 6) is 0.780. The predicted octanol–water partition coefficient (Wildman–Crippen LogP) is 2.73. The highest BCUT2D eigenvalue weighted by Crippen LogP contribution is 2.16. The minimum Gasteiger partial charge on any atom is -0.497 e. The van der Waals surface area contributed by atoms with Gasteiger partial charge in [0.1, 0.15) is 5.75 Å². The van der Waals surface area contributed by atoms with Crippen LogP contribution in [0.5, 0.6) is 5.75 Å². The van der Waals surface area contributed by atoms with Gasteiger partial charge in [-0.25, -0.2) is 13.1 Å². The fourth-order valence-electron chi connectivity index (χ4n) is 3.66. The Hall–Kier alpha value is -2.42. The molecule has 1 aliphatic rings. The van der Waals surface area contributed by atoms with Crippen LogP contribution in [0.3, 0.4) is 0 Å². The summed E-state index contributed by atoms with van der Waals surface area (Å²) in [4.78, 5) is 17.3. The van der Waals surface area contributed by atoms with Crippen molar-refractivity contribution in [1.82, 2.24) is 14.5 Å². The number of carbonyl (C=O) groups is 1. The molecule has 3 rings (SSSR count). The summed E-state index contributed by atoms with van der Waals surface area (Å²) in [6.45, 7) is 7.42. The van der Waals surface area contributed by atoms with Gasteiger partial charge in [0, 0.05) is 44.3 Å². The first-order valence-electron chi connectivity index (χ1n) is 10.6. The number of methoxy groups -OCH3 is 1. The molecule has 0 saturated carbocycles. The average molecular weight is 446 g/mol. The molecule has 0 aromatic heterocycles. The number of rotatable bonds is 7. The van der Waals surface area contributed by atoms with Crippen LogP contribution in [-0.4, -0.2) is 63.5 Å². The van der Waals surface area contributed by atoms with E-state index in [1.54, 1.807) is 33.1 Å². The minimum atomic E-state index is -3.56. The number of hydrogen-bond donors (Lipinski definition) is 1. The van der Waals surface area contributed by atoms with Crippen LogP contribution in [0.25, 0.3) is 0 Å². The van der Waals surface area contributed by atoms with Gasteiger partial charge in [-0.2, -0.15) is 0 Å². The Morgan fingerprint density at radius 1 is 1.00 bits per heavy atom.